The molecule has 0 aliphatic carbocycles. The van der Waals surface area contributed by atoms with Crippen LogP contribution in [0.15, 0.2) is 6.20 Å². The predicted octanol–water partition coefficient (Wildman–Crippen LogP) is -0.161. The lowest BCUT2D eigenvalue weighted by molar-refractivity contribution is 0.195. The highest BCUT2D eigenvalue weighted by molar-refractivity contribution is 5.87. The van der Waals surface area contributed by atoms with Crippen molar-refractivity contribution in [3.63, 3.8) is 0 Å². The highest BCUT2D eigenvalue weighted by atomic mass is 16.5. The molecular formula is C9H13N7O. The summed E-state index contributed by atoms with van der Waals surface area (Å²) in [5.41, 5.74) is 3.08. The minimum absolute atomic E-state index is 0.272. The zero-order chi connectivity index (χ0) is 11.7. The van der Waals surface area contributed by atoms with E-state index in [1.165, 1.54) is 0 Å². The van der Waals surface area contributed by atoms with Crippen molar-refractivity contribution >= 4 is 22.8 Å². The molecule has 0 radical (unpaired) electrons. The molecule has 0 bridgehead atoms. The third kappa shape index (κ3) is 1.87. The smallest absolute Gasteiger partial charge is 0.241 e. The zero-order valence-corrected chi connectivity index (χ0v) is 9.10. The van der Waals surface area contributed by atoms with E-state index in [1.807, 2.05) is 0 Å². The molecule has 1 aliphatic heterocycles. The number of hydrogen-bond donors (Lipinski definition) is 4. The SMILES string of the molecule is NNc1nc(NC2CCOC2)c2cn[nH]c2n1. The number of rotatable bonds is 3. The molecule has 0 amide bonds. The number of aromatic amines is 1. The van der Waals surface area contributed by atoms with E-state index in [0.717, 1.165) is 18.4 Å². The maximum atomic E-state index is 5.32. The number of H-pyrrole nitrogens is 1. The van der Waals surface area contributed by atoms with Gasteiger partial charge in [0.05, 0.1) is 24.2 Å². The summed E-state index contributed by atoms with van der Waals surface area (Å²) in [5, 5.41) is 10.9. The first kappa shape index (κ1) is 10.2. The Morgan fingerprint density at radius 2 is 2.41 bits per heavy atom. The van der Waals surface area contributed by atoms with Gasteiger partial charge in [0.25, 0.3) is 0 Å². The lowest BCUT2D eigenvalue weighted by Crippen LogP contribution is -2.21. The van der Waals surface area contributed by atoms with E-state index in [2.05, 4.69) is 30.9 Å². The highest BCUT2D eigenvalue weighted by Gasteiger charge is 2.18. The van der Waals surface area contributed by atoms with Crippen LogP contribution in [0.2, 0.25) is 0 Å². The van der Waals surface area contributed by atoms with E-state index in [9.17, 15) is 0 Å². The molecule has 8 nitrogen and oxygen atoms in total. The number of aromatic nitrogens is 4. The molecule has 1 saturated heterocycles. The van der Waals surface area contributed by atoms with Crippen LogP contribution in [-0.2, 0) is 4.74 Å². The normalized spacial score (nSPS) is 19.7. The van der Waals surface area contributed by atoms with Crippen LogP contribution in [0.3, 0.4) is 0 Å². The van der Waals surface area contributed by atoms with E-state index in [1.54, 1.807) is 6.20 Å². The monoisotopic (exact) mass is 235 g/mol. The Bertz CT molecular complexity index is 519. The van der Waals surface area contributed by atoms with Gasteiger partial charge in [0.1, 0.15) is 5.82 Å². The summed E-state index contributed by atoms with van der Waals surface area (Å²) in [6, 6.07) is 0.272. The lowest BCUT2D eigenvalue weighted by Gasteiger charge is -2.12. The standard InChI is InChI=1S/C9H13N7O/c10-15-9-13-7(12-5-1-2-17-4-5)6-3-11-16-8(6)14-9/h3,5H,1-2,4,10H2,(H3,11,12,13,14,15,16). The van der Waals surface area contributed by atoms with Gasteiger partial charge >= 0.3 is 0 Å². The molecule has 0 spiro atoms. The Kier molecular flexibility index (Phi) is 2.50. The molecule has 17 heavy (non-hydrogen) atoms. The molecule has 1 fully saturated rings. The van der Waals surface area contributed by atoms with Crippen LogP contribution in [0.5, 0.6) is 0 Å². The number of nitrogen functional groups attached to an aromatic ring is 1. The van der Waals surface area contributed by atoms with Gasteiger partial charge in [-0.1, -0.05) is 0 Å². The number of nitrogens with one attached hydrogen (secondary N) is 3. The number of ether oxygens (including phenoxy) is 1. The van der Waals surface area contributed by atoms with Crippen molar-refractivity contribution in [2.75, 3.05) is 24.0 Å². The van der Waals surface area contributed by atoms with Gasteiger partial charge in [-0.05, 0) is 6.42 Å². The summed E-state index contributed by atoms with van der Waals surface area (Å²) in [5.74, 6) is 6.39. The lowest BCUT2D eigenvalue weighted by atomic mass is 10.2. The van der Waals surface area contributed by atoms with Gasteiger partial charge in [0.2, 0.25) is 5.95 Å². The molecule has 90 valence electrons. The van der Waals surface area contributed by atoms with Crippen molar-refractivity contribution in [1.29, 1.82) is 0 Å². The Hall–Kier alpha value is -1.93. The largest absolute Gasteiger partial charge is 0.379 e. The van der Waals surface area contributed by atoms with Crippen molar-refractivity contribution in [3.05, 3.63) is 6.20 Å². The van der Waals surface area contributed by atoms with Gasteiger partial charge in [-0.25, -0.2) is 5.84 Å². The first-order valence-corrected chi connectivity index (χ1v) is 5.39. The zero-order valence-electron chi connectivity index (χ0n) is 9.10. The minimum Gasteiger partial charge on any atom is -0.379 e. The van der Waals surface area contributed by atoms with Gasteiger partial charge in [-0.2, -0.15) is 15.1 Å². The number of nitrogens with zero attached hydrogens (tertiary/aromatic N) is 3. The fourth-order valence-electron chi connectivity index (χ4n) is 1.85. The first-order chi connectivity index (χ1) is 8.36. The highest BCUT2D eigenvalue weighted by Crippen LogP contribution is 2.21. The maximum absolute atomic E-state index is 5.32. The van der Waals surface area contributed by atoms with Crippen LogP contribution in [0.25, 0.3) is 11.0 Å². The summed E-state index contributed by atoms with van der Waals surface area (Å²) in [6.07, 6.45) is 2.66. The molecule has 8 heteroatoms. The Morgan fingerprint density at radius 1 is 1.47 bits per heavy atom. The van der Waals surface area contributed by atoms with Gasteiger partial charge in [-0.15, -0.1) is 0 Å². The fraction of sp³-hybridized carbons (Fsp3) is 0.444. The number of hydrogen-bond acceptors (Lipinski definition) is 7. The van der Waals surface area contributed by atoms with E-state index >= 15 is 0 Å². The summed E-state index contributed by atoms with van der Waals surface area (Å²) < 4.78 is 5.31. The fourth-order valence-corrected chi connectivity index (χ4v) is 1.85. The first-order valence-electron chi connectivity index (χ1n) is 5.39. The molecule has 1 unspecified atom stereocenters. The van der Waals surface area contributed by atoms with E-state index < -0.39 is 0 Å². The molecule has 2 aromatic rings. The second-order valence-corrected chi connectivity index (χ2v) is 3.88. The topological polar surface area (TPSA) is 114 Å². The quantitative estimate of drug-likeness (QED) is 0.431. The second-order valence-electron chi connectivity index (χ2n) is 3.88. The second kappa shape index (κ2) is 4.15. The van der Waals surface area contributed by atoms with Crippen molar-refractivity contribution < 1.29 is 4.74 Å². The van der Waals surface area contributed by atoms with Crippen molar-refractivity contribution in [3.8, 4) is 0 Å². The molecule has 1 aliphatic rings. The van der Waals surface area contributed by atoms with Crippen molar-refractivity contribution in [2.45, 2.75) is 12.5 Å². The van der Waals surface area contributed by atoms with Crippen LogP contribution in [0.4, 0.5) is 11.8 Å². The van der Waals surface area contributed by atoms with Crippen LogP contribution in [0.1, 0.15) is 6.42 Å². The molecule has 3 rings (SSSR count). The number of nitrogens with two attached hydrogens (primary N) is 1. The van der Waals surface area contributed by atoms with Gasteiger partial charge < -0.3 is 10.1 Å². The van der Waals surface area contributed by atoms with Crippen molar-refractivity contribution in [1.82, 2.24) is 20.2 Å². The Balaban J connectivity index is 1.97. The van der Waals surface area contributed by atoms with Crippen LogP contribution in [0, 0.1) is 0 Å². The van der Waals surface area contributed by atoms with Crippen LogP contribution in [-0.4, -0.2) is 39.4 Å². The molecule has 5 N–H and O–H groups in total. The minimum atomic E-state index is 0.272. The number of anilines is 2. The molecule has 0 saturated carbocycles. The number of hydrazine groups is 1. The van der Waals surface area contributed by atoms with E-state index in [4.69, 9.17) is 10.6 Å². The Labute approximate surface area is 96.9 Å². The van der Waals surface area contributed by atoms with E-state index in [0.29, 0.717) is 24.0 Å². The average Bonchev–Trinajstić information content (AvgIpc) is 2.98. The van der Waals surface area contributed by atoms with Gasteiger partial charge in [0.15, 0.2) is 5.65 Å². The third-order valence-corrected chi connectivity index (χ3v) is 2.71. The molecule has 3 heterocycles. The molecule has 2 aromatic heterocycles. The van der Waals surface area contributed by atoms with Crippen LogP contribution >= 0.6 is 0 Å². The average molecular weight is 235 g/mol. The van der Waals surface area contributed by atoms with Crippen molar-refractivity contribution in [2.24, 2.45) is 5.84 Å². The van der Waals surface area contributed by atoms with Crippen LogP contribution < -0.4 is 16.6 Å². The molecule has 1 atom stereocenters. The van der Waals surface area contributed by atoms with Gasteiger partial charge in [-0.3, -0.25) is 10.5 Å². The van der Waals surface area contributed by atoms with E-state index in [-0.39, 0.29) is 6.04 Å². The predicted molar refractivity (Wildman–Crippen MR) is 62.3 cm³/mol. The summed E-state index contributed by atoms with van der Waals surface area (Å²) in [6.45, 7) is 1.47. The maximum Gasteiger partial charge on any atom is 0.241 e. The summed E-state index contributed by atoms with van der Waals surface area (Å²) in [4.78, 5) is 8.43. The summed E-state index contributed by atoms with van der Waals surface area (Å²) in [7, 11) is 0. The summed E-state index contributed by atoms with van der Waals surface area (Å²) >= 11 is 0. The third-order valence-electron chi connectivity index (χ3n) is 2.71. The molecule has 0 aromatic carbocycles. The van der Waals surface area contributed by atoms with Gasteiger partial charge in [0, 0.05) is 6.61 Å². The number of fused-ring (bicyclic) bond motifs is 1. The molecular weight excluding hydrogens is 222 g/mol. The Morgan fingerprint density at radius 3 is 3.18 bits per heavy atom.